The van der Waals surface area contributed by atoms with Crippen LogP contribution in [0.2, 0.25) is 0 Å². The van der Waals surface area contributed by atoms with Gasteiger partial charge in [0, 0.05) is 23.2 Å². The number of hydrogen-bond acceptors (Lipinski definition) is 6. The number of amides is 1. The number of rotatable bonds is 6. The Morgan fingerprint density at radius 2 is 1.87 bits per heavy atom. The molecule has 3 rings (SSSR count). The minimum atomic E-state index is -4.54. The summed E-state index contributed by atoms with van der Waals surface area (Å²) < 4.78 is 51.8. The van der Waals surface area contributed by atoms with Crippen LogP contribution in [0.25, 0.3) is 11.0 Å². The van der Waals surface area contributed by atoms with Crippen molar-refractivity contribution >= 4 is 22.6 Å². The van der Waals surface area contributed by atoms with Crippen molar-refractivity contribution in [2.75, 3.05) is 18.5 Å². The Hall–Kier alpha value is -4.00. The first kappa shape index (κ1) is 20.7. The van der Waals surface area contributed by atoms with E-state index in [0.29, 0.717) is 16.7 Å². The molecule has 0 unspecified atom stereocenters. The molecule has 10 heteroatoms. The van der Waals surface area contributed by atoms with E-state index < -0.39 is 30.9 Å². The average molecular weight is 418 g/mol. The zero-order valence-electron chi connectivity index (χ0n) is 15.2. The highest BCUT2D eigenvalue weighted by atomic mass is 19.4. The van der Waals surface area contributed by atoms with Crippen LogP contribution in [-0.4, -0.2) is 25.3 Å². The molecular formula is C20H13F3N2O5. The third-order valence-corrected chi connectivity index (χ3v) is 3.74. The maximum Gasteiger partial charge on any atom is 0.422 e. The van der Waals surface area contributed by atoms with E-state index in [0.717, 1.165) is 6.07 Å². The second-order valence-electron chi connectivity index (χ2n) is 6.02. The van der Waals surface area contributed by atoms with Crippen LogP contribution in [0.15, 0.2) is 57.7 Å². The number of ether oxygens (including phenoxy) is 2. The van der Waals surface area contributed by atoms with Crippen molar-refractivity contribution in [3.05, 3.63) is 64.5 Å². The van der Waals surface area contributed by atoms with E-state index >= 15 is 0 Å². The largest absolute Gasteiger partial charge is 0.484 e. The van der Waals surface area contributed by atoms with Crippen LogP contribution in [0.4, 0.5) is 18.9 Å². The second-order valence-corrected chi connectivity index (χ2v) is 6.02. The van der Waals surface area contributed by atoms with Gasteiger partial charge in [-0.15, -0.1) is 0 Å². The van der Waals surface area contributed by atoms with Crippen LogP contribution in [0, 0.1) is 11.3 Å². The molecule has 0 saturated carbocycles. The van der Waals surface area contributed by atoms with Gasteiger partial charge in [0.05, 0.1) is 5.56 Å². The highest BCUT2D eigenvalue weighted by Gasteiger charge is 2.28. The van der Waals surface area contributed by atoms with Gasteiger partial charge in [-0.1, -0.05) is 0 Å². The molecule has 1 amide bonds. The van der Waals surface area contributed by atoms with Crippen molar-refractivity contribution in [1.82, 2.24) is 0 Å². The van der Waals surface area contributed by atoms with Crippen LogP contribution < -0.4 is 20.4 Å². The fourth-order valence-electron chi connectivity index (χ4n) is 2.46. The SMILES string of the molecule is N#Cc1cc(NC(=O)COc2ccc3ccc(=O)oc3c2)ccc1OCC(F)(F)F. The molecule has 0 bridgehead atoms. The summed E-state index contributed by atoms with van der Waals surface area (Å²) in [6.07, 6.45) is -4.54. The van der Waals surface area contributed by atoms with Crippen molar-refractivity contribution in [3.8, 4) is 17.6 Å². The number of nitrogens with zero attached hydrogens (tertiary/aromatic N) is 1. The van der Waals surface area contributed by atoms with Gasteiger partial charge in [0.2, 0.25) is 0 Å². The molecule has 0 saturated heterocycles. The molecule has 3 aromatic rings. The molecule has 2 aromatic carbocycles. The fourth-order valence-corrected chi connectivity index (χ4v) is 2.46. The Kier molecular flexibility index (Phi) is 5.92. The maximum atomic E-state index is 12.3. The number of hydrogen-bond donors (Lipinski definition) is 1. The summed E-state index contributed by atoms with van der Waals surface area (Å²) >= 11 is 0. The molecule has 0 fully saturated rings. The Morgan fingerprint density at radius 1 is 1.10 bits per heavy atom. The number of nitriles is 1. The van der Waals surface area contributed by atoms with Crippen LogP contribution >= 0.6 is 0 Å². The number of carbonyl (C=O) groups is 1. The van der Waals surface area contributed by atoms with Crippen molar-refractivity contribution < 1.29 is 31.9 Å². The topological polar surface area (TPSA) is 102 Å². The molecule has 1 aromatic heterocycles. The first-order valence-corrected chi connectivity index (χ1v) is 8.44. The first-order chi connectivity index (χ1) is 14.2. The zero-order valence-corrected chi connectivity index (χ0v) is 15.2. The summed E-state index contributed by atoms with van der Waals surface area (Å²) in [5.74, 6) is -0.528. The lowest BCUT2D eigenvalue weighted by Gasteiger charge is -2.12. The van der Waals surface area contributed by atoms with Crippen molar-refractivity contribution in [2.45, 2.75) is 6.18 Å². The number of nitrogens with one attached hydrogen (secondary N) is 1. The van der Waals surface area contributed by atoms with E-state index in [4.69, 9.17) is 14.4 Å². The fraction of sp³-hybridized carbons (Fsp3) is 0.150. The average Bonchev–Trinajstić information content (AvgIpc) is 2.70. The molecule has 0 radical (unpaired) electrons. The molecule has 154 valence electrons. The van der Waals surface area contributed by atoms with Crippen molar-refractivity contribution in [3.63, 3.8) is 0 Å². The van der Waals surface area contributed by atoms with E-state index in [1.807, 2.05) is 0 Å². The maximum absolute atomic E-state index is 12.3. The van der Waals surface area contributed by atoms with Gasteiger partial charge in [-0.25, -0.2) is 4.79 Å². The molecule has 0 aliphatic heterocycles. The number of halogens is 3. The Labute approximate surface area is 167 Å². The molecule has 1 heterocycles. The molecule has 0 aliphatic rings. The molecule has 0 spiro atoms. The molecule has 0 atom stereocenters. The van der Waals surface area contributed by atoms with Crippen LogP contribution in [-0.2, 0) is 4.79 Å². The van der Waals surface area contributed by atoms with Gasteiger partial charge in [0.25, 0.3) is 5.91 Å². The normalized spacial score (nSPS) is 11.0. The lowest BCUT2D eigenvalue weighted by Crippen LogP contribution is -2.21. The summed E-state index contributed by atoms with van der Waals surface area (Å²) in [6, 6.07) is 12.9. The number of alkyl halides is 3. The smallest absolute Gasteiger partial charge is 0.422 e. The first-order valence-electron chi connectivity index (χ1n) is 8.44. The van der Waals surface area contributed by atoms with Gasteiger partial charge in [-0.2, -0.15) is 18.4 Å². The number of fused-ring (bicyclic) bond motifs is 1. The quantitative estimate of drug-likeness (QED) is 0.614. The van der Waals surface area contributed by atoms with Gasteiger partial charge in [0.1, 0.15) is 23.2 Å². The van der Waals surface area contributed by atoms with Crippen LogP contribution in [0.1, 0.15) is 5.56 Å². The van der Waals surface area contributed by atoms with Crippen LogP contribution in [0.5, 0.6) is 11.5 Å². The standard InChI is InChI=1S/C20H13F3N2O5/c21-20(22,23)11-29-16-5-3-14(7-13(16)9-24)25-18(26)10-28-15-4-1-12-2-6-19(27)30-17(12)8-15/h1-8H,10-11H2,(H,25,26). The summed E-state index contributed by atoms with van der Waals surface area (Å²) in [5.41, 5.74) is -0.201. The Balaban J connectivity index is 1.62. The van der Waals surface area contributed by atoms with Gasteiger partial charge < -0.3 is 19.2 Å². The zero-order chi connectivity index (χ0) is 21.7. The van der Waals surface area contributed by atoms with Gasteiger partial charge in [0.15, 0.2) is 13.2 Å². The molecule has 7 nitrogen and oxygen atoms in total. The lowest BCUT2D eigenvalue weighted by atomic mass is 10.2. The molecule has 1 N–H and O–H groups in total. The van der Waals surface area contributed by atoms with Gasteiger partial charge in [-0.3, -0.25) is 4.79 Å². The lowest BCUT2D eigenvalue weighted by molar-refractivity contribution is -0.153. The Bertz CT molecular complexity index is 1180. The van der Waals surface area contributed by atoms with Crippen LogP contribution in [0.3, 0.4) is 0 Å². The highest BCUT2D eigenvalue weighted by Crippen LogP contribution is 2.25. The summed E-state index contributed by atoms with van der Waals surface area (Å²) in [7, 11) is 0. The van der Waals surface area contributed by atoms with Gasteiger partial charge in [-0.05, 0) is 36.4 Å². The molecule has 0 aliphatic carbocycles. The van der Waals surface area contributed by atoms with E-state index in [1.165, 1.54) is 24.3 Å². The molecule has 30 heavy (non-hydrogen) atoms. The number of carbonyl (C=O) groups excluding carboxylic acids is 1. The predicted molar refractivity (Wildman–Crippen MR) is 99.3 cm³/mol. The number of benzene rings is 2. The minimum Gasteiger partial charge on any atom is -0.484 e. The third-order valence-electron chi connectivity index (χ3n) is 3.74. The van der Waals surface area contributed by atoms with E-state index in [1.54, 1.807) is 24.3 Å². The minimum absolute atomic E-state index is 0.164. The number of anilines is 1. The summed E-state index contributed by atoms with van der Waals surface area (Å²) in [5, 5.41) is 12.2. The van der Waals surface area contributed by atoms with E-state index in [2.05, 4.69) is 10.1 Å². The van der Waals surface area contributed by atoms with Gasteiger partial charge >= 0.3 is 11.8 Å². The predicted octanol–water partition coefficient (Wildman–Crippen LogP) is 3.62. The van der Waals surface area contributed by atoms with Crippen molar-refractivity contribution in [2.24, 2.45) is 0 Å². The van der Waals surface area contributed by atoms with E-state index in [-0.39, 0.29) is 17.0 Å². The van der Waals surface area contributed by atoms with E-state index in [9.17, 15) is 22.8 Å². The third kappa shape index (κ3) is 5.51. The summed E-state index contributed by atoms with van der Waals surface area (Å²) in [6.45, 7) is -1.93. The monoisotopic (exact) mass is 418 g/mol. The highest BCUT2D eigenvalue weighted by molar-refractivity contribution is 5.92. The Morgan fingerprint density at radius 3 is 2.60 bits per heavy atom. The molecular weight excluding hydrogens is 405 g/mol. The summed E-state index contributed by atoms with van der Waals surface area (Å²) in [4.78, 5) is 23.3. The second kappa shape index (κ2) is 8.57. The van der Waals surface area contributed by atoms with Crippen molar-refractivity contribution in [1.29, 1.82) is 5.26 Å².